The fraction of sp³-hybridized carbons (Fsp3) is 0.538. The van der Waals surface area contributed by atoms with E-state index in [1.54, 1.807) is 10.6 Å². The van der Waals surface area contributed by atoms with E-state index in [1.807, 2.05) is 0 Å². The molecule has 0 aromatic heterocycles. The Kier molecular flexibility index (Phi) is 0.851. The van der Waals surface area contributed by atoms with Crippen LogP contribution < -0.4 is 10.6 Å². The third kappa shape index (κ3) is 0.275. The second kappa shape index (κ2) is 1.75. The molecule has 10 aliphatic rings. The molecule has 0 aliphatic carbocycles. The van der Waals surface area contributed by atoms with Gasteiger partial charge < -0.3 is 0 Å². The molecule has 10 fully saturated rings. The van der Waals surface area contributed by atoms with E-state index in [2.05, 4.69) is 64.1 Å². The van der Waals surface area contributed by atoms with Crippen molar-refractivity contribution in [3.63, 3.8) is 0 Å². The third-order valence-corrected chi connectivity index (χ3v) is 72.6. The molecule has 0 radical (unpaired) electrons. The summed E-state index contributed by atoms with van der Waals surface area (Å²) in [4.78, 5) is 11.2. The predicted molar refractivity (Wildman–Crippen MR) is 123 cm³/mol. The van der Waals surface area contributed by atoms with Gasteiger partial charge in [-0.25, -0.2) is 0 Å². The van der Waals surface area contributed by atoms with Crippen LogP contribution in [-0.4, -0.2) is 8.11 Å². The van der Waals surface area contributed by atoms with Crippen LogP contribution in [-0.2, 0) is 6.51 Å². The maximum atomic E-state index is 2.58. The summed E-state index contributed by atoms with van der Waals surface area (Å²) in [6.45, 7) is 6.00. The van der Waals surface area contributed by atoms with Gasteiger partial charge in [0.2, 0.25) is 0 Å². The molecule has 29 heavy (non-hydrogen) atoms. The molecular formula is C26H28FeP2. The summed E-state index contributed by atoms with van der Waals surface area (Å²) in [5, 5.41) is 3.53. The van der Waals surface area contributed by atoms with Gasteiger partial charge in [0.25, 0.3) is 0 Å². The summed E-state index contributed by atoms with van der Waals surface area (Å²) in [6.07, 6.45) is 0. The average molecular weight is 458 g/mol. The van der Waals surface area contributed by atoms with Crippen LogP contribution >= 0.6 is 17.2 Å². The molecule has 0 saturated carbocycles. The van der Waals surface area contributed by atoms with Crippen molar-refractivity contribution in [2.75, 3.05) is 0 Å². The predicted octanol–water partition coefficient (Wildman–Crippen LogP) is 6.43. The van der Waals surface area contributed by atoms with E-state index in [9.17, 15) is 0 Å². The van der Waals surface area contributed by atoms with Crippen LogP contribution in [0.25, 0.3) is 0 Å². The number of hydrogen-bond donors (Lipinski definition) is 0. The van der Waals surface area contributed by atoms with Gasteiger partial charge in [-0.1, -0.05) is 0 Å². The van der Waals surface area contributed by atoms with Crippen LogP contribution in [0.5, 0.6) is 0 Å². The normalized spacial score (nSPS) is 78.1. The molecule has 150 valence electrons. The van der Waals surface area contributed by atoms with Gasteiger partial charge >= 0.3 is 167 Å². The molecule has 0 nitrogen and oxygen atoms in total. The third-order valence-electron chi connectivity index (χ3n) is 17.9. The van der Waals surface area contributed by atoms with Crippen LogP contribution in [0.15, 0.2) is 36.4 Å². The first-order valence-corrected chi connectivity index (χ1v) is 19.8. The zero-order valence-electron chi connectivity index (χ0n) is 17.4. The summed E-state index contributed by atoms with van der Waals surface area (Å²) in [6, 6.07) is 15.1. The molecule has 0 bridgehead atoms. The number of fused-ring (bicyclic) bond motifs is 10. The van der Waals surface area contributed by atoms with Crippen molar-refractivity contribution in [2.45, 2.75) is 74.3 Å². The average Bonchev–Trinajstić information content (AvgIpc) is 3.56. The van der Waals surface area contributed by atoms with Gasteiger partial charge in [-0.3, -0.25) is 0 Å². The van der Waals surface area contributed by atoms with E-state index in [4.69, 9.17) is 0 Å². The van der Waals surface area contributed by atoms with Crippen LogP contribution in [0.4, 0.5) is 0 Å². The Hall–Kier alpha value is -0.181. The first-order valence-electron chi connectivity index (χ1n) is 11.6. The van der Waals surface area contributed by atoms with Gasteiger partial charge in [-0.05, 0) is 0 Å². The topological polar surface area (TPSA) is 0 Å². The van der Waals surface area contributed by atoms with Gasteiger partial charge in [-0.2, -0.15) is 0 Å². The van der Waals surface area contributed by atoms with Gasteiger partial charge in [-0.15, -0.1) is 0 Å². The Morgan fingerprint density at radius 1 is 0.552 bits per heavy atom. The van der Waals surface area contributed by atoms with E-state index in [-0.39, 0.29) is 0 Å². The van der Waals surface area contributed by atoms with E-state index >= 15 is 0 Å². The fourth-order valence-corrected chi connectivity index (χ4v) is 119. The van der Waals surface area contributed by atoms with Crippen LogP contribution in [0.1, 0.15) is 22.3 Å². The molecule has 10 saturated heterocycles. The van der Waals surface area contributed by atoms with Crippen LogP contribution in [0.2, 0.25) is 38.5 Å². The Labute approximate surface area is 166 Å². The van der Waals surface area contributed by atoms with E-state index in [1.165, 1.54) is 77.9 Å². The van der Waals surface area contributed by atoms with E-state index < -0.39 is 6.51 Å². The summed E-state index contributed by atoms with van der Waals surface area (Å²) in [5.74, 6) is 0. The zero-order valence-corrected chi connectivity index (χ0v) is 20.5. The molecule has 10 atom stereocenters. The maximum absolute atomic E-state index is 3.29. The van der Waals surface area contributed by atoms with Crippen molar-refractivity contribution in [3.05, 3.63) is 58.7 Å². The van der Waals surface area contributed by atoms with Crippen LogP contribution in [0, 0.1) is 27.7 Å². The van der Waals surface area contributed by atoms with Gasteiger partial charge in [0.15, 0.2) is 0 Å². The number of hydrogen-bond acceptors (Lipinski definition) is 0. The van der Waals surface area contributed by atoms with Crippen molar-refractivity contribution in [1.82, 2.24) is 0 Å². The van der Waals surface area contributed by atoms with Crippen molar-refractivity contribution in [1.29, 1.82) is 0 Å². The molecule has 2 aromatic rings. The molecule has 3 heteroatoms. The Morgan fingerprint density at radius 2 is 0.862 bits per heavy atom. The molecule has 0 N–H and O–H groups in total. The van der Waals surface area contributed by atoms with Crippen LogP contribution in [0.3, 0.4) is 0 Å². The minimum atomic E-state index is -3.29. The van der Waals surface area contributed by atoms with Gasteiger partial charge in [0, 0.05) is 0 Å². The Bertz CT molecular complexity index is 1550. The number of benzene rings is 2. The summed E-state index contributed by atoms with van der Waals surface area (Å²) < 4.78 is 2.00. The first-order chi connectivity index (χ1) is 13.7. The molecule has 0 amide bonds. The summed E-state index contributed by atoms with van der Waals surface area (Å²) in [5.41, 5.74) is 6.02. The Balaban J connectivity index is 1.12. The summed E-state index contributed by atoms with van der Waals surface area (Å²) >= 11 is 0. The molecule has 12 rings (SSSR count). The molecule has 1 spiro atoms. The van der Waals surface area contributed by atoms with Crippen molar-refractivity contribution in [2.24, 2.45) is 0 Å². The monoisotopic (exact) mass is 458 g/mol. The number of aryl methyl sites for hydroxylation is 4. The quantitative estimate of drug-likeness (QED) is 0.366. The molecule has 10 aliphatic heterocycles. The molecular weight excluding hydrogens is 430 g/mol. The second-order valence-corrected chi connectivity index (χ2v) is 42.2. The second-order valence-electron chi connectivity index (χ2n) is 14.8. The van der Waals surface area contributed by atoms with Crippen molar-refractivity contribution in [3.8, 4) is 0 Å². The zero-order chi connectivity index (χ0) is 19.1. The first kappa shape index (κ1) is 14.1. The van der Waals surface area contributed by atoms with Crippen molar-refractivity contribution >= 4 is 27.8 Å². The van der Waals surface area contributed by atoms with Gasteiger partial charge in [0.1, 0.15) is 0 Å². The van der Waals surface area contributed by atoms with Gasteiger partial charge in [0.05, 0.1) is 0 Å². The van der Waals surface area contributed by atoms with Crippen molar-refractivity contribution < 1.29 is 6.51 Å². The Morgan fingerprint density at radius 3 is 1.14 bits per heavy atom. The minimum absolute atomic E-state index is 1.00. The number of rotatable bonds is 4. The molecule has 10 unspecified atom stereocenters. The van der Waals surface area contributed by atoms with E-state index in [0.29, 0.717) is 0 Å². The SMILES string of the molecule is Cc1cc(C)cc(P[C]23[CH]4[CH]5[CH]6[CH]2[Fe]56432789[CH]3[CH]2[CH]7[C]8(Pc2cc(C)cc(C)c2)[CH]39)c1. The van der Waals surface area contributed by atoms with E-state index in [0.717, 1.165) is 8.11 Å². The summed E-state index contributed by atoms with van der Waals surface area (Å²) in [7, 11) is 2.42. The fourth-order valence-electron chi connectivity index (χ4n) is 19.7. The standard InChI is InChI=1S/2C13H14P.Fe/c2*1-10-7-11(2)9-13(8-10)14-12-5-3-4-6-12;/h2*3-9,14H,1-2H3;. The molecule has 10 heterocycles. The molecule has 2 aromatic carbocycles.